The topological polar surface area (TPSA) is 179 Å². The van der Waals surface area contributed by atoms with E-state index in [1.54, 1.807) is 0 Å². The van der Waals surface area contributed by atoms with E-state index in [0.29, 0.717) is 0 Å². The van der Waals surface area contributed by atoms with Crippen LogP contribution in [0, 0.1) is 0 Å². The highest BCUT2D eigenvalue weighted by Crippen LogP contribution is 1.77. The van der Waals surface area contributed by atoms with Crippen molar-refractivity contribution in [2.24, 2.45) is 0 Å². The second-order valence-electron chi connectivity index (χ2n) is 3.17. The highest BCUT2D eigenvalue weighted by molar-refractivity contribution is 4.22. The zero-order valence-electron chi connectivity index (χ0n) is 13.6. The van der Waals surface area contributed by atoms with Gasteiger partial charge in [0.1, 0.15) is 0 Å². The Morgan fingerprint density at radius 2 is 0.667 bits per heavy atom. The molecule has 0 heterocycles. The number of quaternary nitrogens is 3. The molecule has 0 rings (SSSR count). The molecular formula is C12H39N3O3. The first-order chi connectivity index (χ1) is 7.24. The van der Waals surface area contributed by atoms with Crippen LogP contribution in [0.1, 0.15) is 59.3 Å². The van der Waals surface area contributed by atoms with Gasteiger partial charge in [-0.2, -0.15) is 0 Å². The Labute approximate surface area is 114 Å². The lowest BCUT2D eigenvalue weighted by molar-refractivity contribution is -0.368. The molecule has 0 saturated heterocycles. The van der Waals surface area contributed by atoms with Crippen LogP contribution in [-0.4, -0.2) is 19.8 Å². The minimum absolute atomic E-state index is 0. The van der Waals surface area contributed by atoms with Gasteiger partial charge in [0, 0.05) is 0 Å². The van der Waals surface area contributed by atoms with Crippen LogP contribution in [0.3, 0.4) is 0 Å². The molecule has 120 valence electrons. The van der Waals surface area contributed by atoms with E-state index in [4.69, 9.17) is 0 Å². The lowest BCUT2D eigenvalue weighted by Crippen LogP contribution is -2.03. The lowest BCUT2D eigenvalue weighted by Gasteiger charge is -1.94. The molecule has 0 aromatic rings. The van der Waals surface area contributed by atoms with Crippen LogP contribution in [0.5, 0.6) is 0 Å². The lowest BCUT2D eigenvalue weighted by atomic mass is 10.4. The van der Waals surface area contributed by atoms with Crippen LogP contribution in [0.25, 0.3) is 0 Å². The smallest absolute Gasteiger partial charge is 0.0575 e. The number of rotatable bonds is 6. The molecule has 0 saturated carbocycles. The minimum Gasteiger partial charge on any atom is -0.854 e. The molecule has 6 nitrogen and oxygen atoms in total. The summed E-state index contributed by atoms with van der Waals surface area (Å²) in [6.45, 7) is 6.32. The van der Waals surface area contributed by atoms with E-state index in [1.807, 2.05) is 20.8 Å². The normalized spacial score (nSPS) is 7.00. The Bertz CT molecular complexity index is 59.3. The van der Waals surface area contributed by atoms with Gasteiger partial charge in [-0.25, -0.2) is 0 Å². The van der Waals surface area contributed by atoms with Gasteiger partial charge in [0.2, 0.25) is 0 Å². The average molecular weight is 273 g/mol. The maximum atomic E-state index is 9.53. The molecule has 6 heteroatoms. The van der Waals surface area contributed by atoms with Crippen molar-refractivity contribution in [1.82, 2.24) is 18.5 Å². The van der Waals surface area contributed by atoms with E-state index < -0.39 is 0 Å². The fraction of sp³-hybridized carbons (Fsp3) is 1.00. The van der Waals surface area contributed by atoms with Gasteiger partial charge in [-0.1, -0.05) is 59.3 Å². The summed E-state index contributed by atoms with van der Waals surface area (Å²) in [7, 11) is 0. The maximum absolute atomic E-state index is 9.53. The Morgan fingerprint density at radius 1 is 0.500 bits per heavy atom. The fourth-order valence-corrected chi connectivity index (χ4v) is 0.433. The van der Waals surface area contributed by atoms with E-state index >= 15 is 0 Å². The second-order valence-corrected chi connectivity index (χ2v) is 3.17. The van der Waals surface area contributed by atoms with Crippen LogP contribution in [0.2, 0.25) is 0 Å². The first-order valence-electron chi connectivity index (χ1n) is 5.99. The van der Waals surface area contributed by atoms with Crippen molar-refractivity contribution in [3.63, 3.8) is 0 Å². The third-order valence-corrected chi connectivity index (χ3v) is 1.49. The van der Waals surface area contributed by atoms with Crippen LogP contribution in [-0.2, 0) is 0 Å². The van der Waals surface area contributed by atoms with Crippen LogP contribution in [0.15, 0.2) is 0 Å². The summed E-state index contributed by atoms with van der Waals surface area (Å²) in [5, 5.41) is 28.6. The van der Waals surface area contributed by atoms with Gasteiger partial charge in [-0.05, 0) is 0 Å². The van der Waals surface area contributed by atoms with Gasteiger partial charge < -0.3 is 33.8 Å². The van der Waals surface area contributed by atoms with E-state index in [2.05, 4.69) is 0 Å². The molecule has 0 fully saturated rings. The van der Waals surface area contributed by atoms with Crippen LogP contribution in [0.4, 0.5) is 0 Å². The second kappa shape index (κ2) is 54.2. The van der Waals surface area contributed by atoms with Crippen molar-refractivity contribution in [3.8, 4) is 0 Å². The van der Waals surface area contributed by atoms with Gasteiger partial charge in [0.15, 0.2) is 0 Å². The van der Waals surface area contributed by atoms with Gasteiger partial charge in [0.05, 0.1) is 0 Å². The summed E-state index contributed by atoms with van der Waals surface area (Å²) in [5.74, 6) is 0. The predicted molar refractivity (Wildman–Crippen MR) is 77.3 cm³/mol. The van der Waals surface area contributed by atoms with E-state index in [0.717, 1.165) is 38.5 Å². The van der Waals surface area contributed by atoms with E-state index in [1.165, 1.54) is 0 Å². The minimum atomic E-state index is 0. The molecule has 0 aromatic heterocycles. The van der Waals surface area contributed by atoms with Crippen LogP contribution >= 0.6 is 0 Å². The molecule has 0 aliphatic rings. The molecule has 0 amide bonds. The third-order valence-electron chi connectivity index (χ3n) is 1.49. The standard InChI is InChI=1S/3C4H9O.3H3N/c3*1-2-3-4-5;;;/h3*2-4H2,1H3;3*1H3/q3*-1;;;/p+3. The van der Waals surface area contributed by atoms with E-state index in [9.17, 15) is 15.3 Å². The molecular weight excluding hydrogens is 234 g/mol. The largest absolute Gasteiger partial charge is 0.854 e. The first-order valence-corrected chi connectivity index (χ1v) is 5.99. The molecule has 0 aliphatic carbocycles. The zero-order valence-corrected chi connectivity index (χ0v) is 13.6. The summed E-state index contributed by atoms with van der Waals surface area (Å²) in [6, 6.07) is 0. The molecule has 0 aliphatic heterocycles. The zero-order chi connectivity index (χ0) is 12.4. The fourth-order valence-electron chi connectivity index (χ4n) is 0.433. The molecule has 0 bridgehead atoms. The van der Waals surface area contributed by atoms with Crippen molar-refractivity contribution in [2.45, 2.75) is 59.3 Å². The first kappa shape index (κ1) is 36.1. The van der Waals surface area contributed by atoms with Gasteiger partial charge >= 0.3 is 0 Å². The molecule has 18 heavy (non-hydrogen) atoms. The number of hydrogen-bond donors (Lipinski definition) is 3. The summed E-state index contributed by atoms with van der Waals surface area (Å²) in [4.78, 5) is 0. The molecule has 12 N–H and O–H groups in total. The third kappa shape index (κ3) is 103. The summed E-state index contributed by atoms with van der Waals surface area (Å²) in [6.07, 6.45) is 5.59. The van der Waals surface area contributed by atoms with E-state index in [-0.39, 0.29) is 38.3 Å². The van der Waals surface area contributed by atoms with Gasteiger partial charge in [0.25, 0.3) is 0 Å². The van der Waals surface area contributed by atoms with Crippen LogP contribution < -0.4 is 33.8 Å². The van der Waals surface area contributed by atoms with Gasteiger partial charge in [-0.3, -0.25) is 0 Å². The predicted octanol–water partition coefficient (Wildman–Crippen LogP) is 1.57. The summed E-state index contributed by atoms with van der Waals surface area (Å²) in [5.41, 5.74) is 0. The highest BCUT2D eigenvalue weighted by atomic mass is 16.3. The highest BCUT2D eigenvalue weighted by Gasteiger charge is 1.62. The van der Waals surface area contributed by atoms with Crippen molar-refractivity contribution >= 4 is 0 Å². The Balaban J connectivity index is -0.0000000277. The van der Waals surface area contributed by atoms with Crippen molar-refractivity contribution in [2.75, 3.05) is 19.8 Å². The summed E-state index contributed by atoms with van der Waals surface area (Å²) < 4.78 is 0. The number of hydrogen-bond acceptors (Lipinski definition) is 3. The Morgan fingerprint density at radius 3 is 0.667 bits per heavy atom. The molecule has 0 radical (unpaired) electrons. The Kier molecular flexibility index (Phi) is 109. The molecule has 0 spiro atoms. The molecule has 0 unspecified atom stereocenters. The summed E-state index contributed by atoms with van der Waals surface area (Å²) >= 11 is 0. The number of unbranched alkanes of at least 4 members (excludes halogenated alkanes) is 3. The van der Waals surface area contributed by atoms with Crippen molar-refractivity contribution < 1.29 is 15.3 Å². The molecule has 0 atom stereocenters. The quantitative estimate of drug-likeness (QED) is 0.665. The average Bonchev–Trinajstić information content (AvgIpc) is 2.23. The maximum Gasteiger partial charge on any atom is -0.0575 e. The van der Waals surface area contributed by atoms with Crippen molar-refractivity contribution in [1.29, 1.82) is 0 Å². The van der Waals surface area contributed by atoms with Gasteiger partial charge in [-0.15, -0.1) is 19.8 Å². The Hall–Kier alpha value is -0.240. The monoisotopic (exact) mass is 273 g/mol. The molecule has 0 aromatic carbocycles. The SMILES string of the molecule is CCCC[O-].CCCC[O-].CCCC[O-].[NH4+].[NH4+].[NH4+]. The van der Waals surface area contributed by atoms with Crippen molar-refractivity contribution in [3.05, 3.63) is 0 Å².